The van der Waals surface area contributed by atoms with Gasteiger partial charge in [0.25, 0.3) is 0 Å². The summed E-state index contributed by atoms with van der Waals surface area (Å²) in [6.45, 7) is 5.70. The molecule has 0 spiro atoms. The Morgan fingerprint density at radius 3 is 2.64 bits per heavy atom. The number of nitrogen functional groups attached to an aromatic ring is 1. The first-order valence-electron chi connectivity index (χ1n) is 7.57. The maximum atomic E-state index is 11.8. The average Bonchev–Trinajstić information content (AvgIpc) is 2.49. The molecule has 1 rings (SSSR count). The number of carbonyl (C=O) groups excluding carboxylic acids is 2. The Bertz CT molecular complexity index is 503. The summed E-state index contributed by atoms with van der Waals surface area (Å²) >= 11 is 0. The van der Waals surface area contributed by atoms with Crippen molar-refractivity contribution in [2.24, 2.45) is 0 Å². The van der Waals surface area contributed by atoms with Crippen molar-refractivity contribution in [3.63, 3.8) is 0 Å². The summed E-state index contributed by atoms with van der Waals surface area (Å²) in [5.74, 6) is -1.39. The fraction of sp³-hybridized carbons (Fsp3) is 0.500. The Labute approximate surface area is 131 Å². The fourth-order valence-electron chi connectivity index (χ4n) is 1.76. The normalized spacial score (nSPS) is 10.3. The second-order valence-electron chi connectivity index (χ2n) is 5.12. The van der Waals surface area contributed by atoms with Gasteiger partial charge < -0.3 is 21.1 Å². The molecule has 4 N–H and O–H groups in total. The Morgan fingerprint density at radius 1 is 1.18 bits per heavy atom. The first kappa shape index (κ1) is 18.0. The number of amides is 2. The molecule has 2 amide bonds. The van der Waals surface area contributed by atoms with Crippen LogP contribution in [0.15, 0.2) is 18.2 Å². The minimum atomic E-state index is -0.718. The summed E-state index contributed by atoms with van der Waals surface area (Å²) in [6.07, 6.45) is 2.81. The highest BCUT2D eigenvalue weighted by Gasteiger charge is 2.14. The summed E-state index contributed by atoms with van der Waals surface area (Å²) in [5, 5.41) is 5.07. The van der Waals surface area contributed by atoms with Gasteiger partial charge in [0.05, 0.1) is 11.4 Å². The number of aryl methyl sites for hydroxylation is 1. The number of benzene rings is 1. The highest BCUT2D eigenvalue weighted by Crippen LogP contribution is 2.19. The van der Waals surface area contributed by atoms with Crippen molar-refractivity contribution in [3.05, 3.63) is 23.8 Å². The summed E-state index contributed by atoms with van der Waals surface area (Å²) in [7, 11) is 0. The molecule has 22 heavy (non-hydrogen) atoms. The minimum absolute atomic E-state index is 0.404. The molecular weight excluding hydrogens is 282 g/mol. The first-order valence-corrected chi connectivity index (χ1v) is 7.57. The van der Waals surface area contributed by atoms with Crippen LogP contribution in [-0.4, -0.2) is 31.6 Å². The zero-order valence-electron chi connectivity index (χ0n) is 13.3. The second kappa shape index (κ2) is 9.78. The van der Waals surface area contributed by atoms with Gasteiger partial charge in [-0.1, -0.05) is 19.4 Å². The molecular formula is C16H25N3O3. The molecule has 6 nitrogen and oxygen atoms in total. The van der Waals surface area contributed by atoms with E-state index in [1.54, 1.807) is 12.1 Å². The molecule has 122 valence electrons. The van der Waals surface area contributed by atoms with Crippen molar-refractivity contribution < 1.29 is 14.3 Å². The number of anilines is 2. The maximum absolute atomic E-state index is 11.8. The van der Waals surface area contributed by atoms with Crippen LogP contribution in [0.4, 0.5) is 11.4 Å². The number of hydrogen-bond donors (Lipinski definition) is 3. The van der Waals surface area contributed by atoms with Gasteiger partial charge in [-0.25, -0.2) is 0 Å². The molecule has 0 radical (unpaired) electrons. The van der Waals surface area contributed by atoms with E-state index >= 15 is 0 Å². The third-order valence-electron chi connectivity index (χ3n) is 3.06. The molecule has 0 aliphatic rings. The van der Waals surface area contributed by atoms with E-state index < -0.39 is 11.8 Å². The molecule has 0 fully saturated rings. The van der Waals surface area contributed by atoms with E-state index in [1.807, 2.05) is 13.0 Å². The SMILES string of the molecule is CCCCOCCCNC(=O)C(=O)Nc1cc(C)ccc1N. The third kappa shape index (κ3) is 6.58. The third-order valence-corrected chi connectivity index (χ3v) is 3.06. The first-order chi connectivity index (χ1) is 10.5. The molecule has 0 heterocycles. The van der Waals surface area contributed by atoms with Gasteiger partial charge >= 0.3 is 11.8 Å². The van der Waals surface area contributed by atoms with E-state index in [4.69, 9.17) is 10.5 Å². The van der Waals surface area contributed by atoms with Gasteiger partial charge in [0, 0.05) is 19.8 Å². The predicted octanol–water partition coefficient (Wildman–Crippen LogP) is 1.84. The van der Waals surface area contributed by atoms with Crippen LogP contribution in [0.25, 0.3) is 0 Å². The summed E-state index contributed by atoms with van der Waals surface area (Å²) in [6, 6.07) is 5.25. The second-order valence-corrected chi connectivity index (χ2v) is 5.12. The minimum Gasteiger partial charge on any atom is -0.397 e. The van der Waals surface area contributed by atoms with E-state index in [2.05, 4.69) is 17.6 Å². The lowest BCUT2D eigenvalue weighted by atomic mass is 10.2. The highest BCUT2D eigenvalue weighted by atomic mass is 16.5. The zero-order chi connectivity index (χ0) is 16.4. The van der Waals surface area contributed by atoms with E-state index in [9.17, 15) is 9.59 Å². The number of nitrogens with one attached hydrogen (secondary N) is 2. The molecule has 0 saturated heterocycles. The van der Waals surface area contributed by atoms with Gasteiger partial charge in [-0.15, -0.1) is 0 Å². The highest BCUT2D eigenvalue weighted by molar-refractivity contribution is 6.39. The number of unbranched alkanes of at least 4 members (excludes halogenated alkanes) is 1. The molecule has 1 aromatic carbocycles. The van der Waals surface area contributed by atoms with Crippen molar-refractivity contribution in [1.82, 2.24) is 5.32 Å². The summed E-state index contributed by atoms with van der Waals surface area (Å²) < 4.78 is 5.37. The van der Waals surface area contributed by atoms with Crippen LogP contribution in [0.3, 0.4) is 0 Å². The molecule has 0 saturated carbocycles. The van der Waals surface area contributed by atoms with Crippen LogP contribution >= 0.6 is 0 Å². The number of ether oxygens (including phenoxy) is 1. The Balaban J connectivity index is 2.27. The quantitative estimate of drug-likeness (QED) is 0.388. The standard InChI is InChI=1S/C16H25N3O3/c1-3-4-9-22-10-5-8-18-15(20)16(21)19-14-11-12(2)6-7-13(14)17/h6-7,11H,3-5,8-10,17H2,1-2H3,(H,18,20)(H,19,21). The summed E-state index contributed by atoms with van der Waals surface area (Å²) in [4.78, 5) is 23.4. The number of hydrogen-bond acceptors (Lipinski definition) is 4. The number of nitrogens with two attached hydrogens (primary N) is 1. The van der Waals surface area contributed by atoms with Gasteiger partial charge in [0.1, 0.15) is 0 Å². The molecule has 0 atom stereocenters. The van der Waals surface area contributed by atoms with Crippen LogP contribution in [0.2, 0.25) is 0 Å². The Morgan fingerprint density at radius 2 is 1.91 bits per heavy atom. The van der Waals surface area contributed by atoms with Crippen LogP contribution in [0.1, 0.15) is 31.7 Å². The Hall–Kier alpha value is -2.08. The van der Waals surface area contributed by atoms with E-state index in [1.165, 1.54) is 0 Å². The summed E-state index contributed by atoms with van der Waals surface area (Å²) in [5.41, 5.74) is 7.58. The smallest absolute Gasteiger partial charge is 0.313 e. The van der Waals surface area contributed by atoms with Gasteiger partial charge in [0.15, 0.2) is 0 Å². The van der Waals surface area contributed by atoms with Gasteiger partial charge in [-0.05, 0) is 37.5 Å². The van der Waals surface area contributed by atoms with Crippen molar-refractivity contribution in [2.45, 2.75) is 33.1 Å². The number of carbonyl (C=O) groups is 2. The van der Waals surface area contributed by atoms with Gasteiger partial charge in [-0.3, -0.25) is 9.59 Å². The lowest BCUT2D eigenvalue weighted by Gasteiger charge is -2.09. The molecule has 0 aliphatic heterocycles. The van der Waals surface area contributed by atoms with Crippen LogP contribution in [0, 0.1) is 6.92 Å². The van der Waals surface area contributed by atoms with Gasteiger partial charge in [0.2, 0.25) is 0 Å². The molecule has 0 unspecified atom stereocenters. The molecule has 0 aromatic heterocycles. The zero-order valence-corrected chi connectivity index (χ0v) is 13.3. The van der Waals surface area contributed by atoms with E-state index in [-0.39, 0.29) is 0 Å². The van der Waals surface area contributed by atoms with Crippen LogP contribution in [0.5, 0.6) is 0 Å². The van der Waals surface area contributed by atoms with Crippen molar-refractivity contribution >= 4 is 23.2 Å². The average molecular weight is 307 g/mol. The van der Waals surface area contributed by atoms with Crippen LogP contribution < -0.4 is 16.4 Å². The largest absolute Gasteiger partial charge is 0.397 e. The van der Waals surface area contributed by atoms with Crippen molar-refractivity contribution in [3.8, 4) is 0 Å². The Kier molecular flexibility index (Phi) is 7.99. The monoisotopic (exact) mass is 307 g/mol. The lowest BCUT2D eigenvalue weighted by Crippen LogP contribution is -2.36. The van der Waals surface area contributed by atoms with E-state index in [0.29, 0.717) is 30.9 Å². The van der Waals surface area contributed by atoms with E-state index in [0.717, 1.165) is 25.0 Å². The molecule has 1 aromatic rings. The number of rotatable bonds is 8. The van der Waals surface area contributed by atoms with Crippen molar-refractivity contribution in [1.29, 1.82) is 0 Å². The molecule has 6 heteroatoms. The van der Waals surface area contributed by atoms with Crippen LogP contribution in [-0.2, 0) is 14.3 Å². The topological polar surface area (TPSA) is 93.4 Å². The maximum Gasteiger partial charge on any atom is 0.313 e. The molecule has 0 aliphatic carbocycles. The molecule has 0 bridgehead atoms. The van der Waals surface area contributed by atoms with Gasteiger partial charge in [-0.2, -0.15) is 0 Å². The predicted molar refractivity (Wildman–Crippen MR) is 87.6 cm³/mol. The van der Waals surface area contributed by atoms with Crippen molar-refractivity contribution in [2.75, 3.05) is 30.8 Å². The lowest BCUT2D eigenvalue weighted by molar-refractivity contribution is -0.136. The fourth-order valence-corrected chi connectivity index (χ4v) is 1.76.